The van der Waals surface area contributed by atoms with Crippen LogP contribution in [0.5, 0.6) is 0 Å². The number of hydrogen-bond acceptors (Lipinski definition) is 3. The molecule has 0 bridgehead atoms. The summed E-state index contributed by atoms with van der Waals surface area (Å²) < 4.78 is 27.6. The van der Waals surface area contributed by atoms with Crippen molar-refractivity contribution in [1.82, 2.24) is 9.97 Å². The van der Waals surface area contributed by atoms with Crippen molar-refractivity contribution < 1.29 is 8.78 Å². The fraction of sp³-hybridized carbons (Fsp3) is 0. The van der Waals surface area contributed by atoms with Gasteiger partial charge in [-0.1, -0.05) is 11.6 Å². The first kappa shape index (κ1) is 12.3. The Balaban J connectivity index is 2.30. The van der Waals surface area contributed by atoms with Crippen LogP contribution in [0, 0.1) is 11.6 Å². The molecule has 3 nitrogen and oxygen atoms in total. The third-order valence-corrected chi connectivity index (χ3v) is 3.78. The van der Waals surface area contributed by atoms with Crippen LogP contribution in [0.2, 0.25) is 5.02 Å². The van der Waals surface area contributed by atoms with Crippen LogP contribution in [0.15, 0.2) is 28.4 Å². The van der Waals surface area contributed by atoms with Crippen LogP contribution in [-0.2, 0) is 0 Å². The van der Waals surface area contributed by atoms with Crippen LogP contribution in [0.4, 0.5) is 8.78 Å². The van der Waals surface area contributed by atoms with Gasteiger partial charge in [0.1, 0.15) is 22.2 Å². The third-order valence-electron chi connectivity index (χ3n) is 2.59. The molecule has 0 radical (unpaired) electrons. The lowest BCUT2D eigenvalue weighted by atomic mass is 10.2. The second kappa shape index (κ2) is 4.40. The molecule has 19 heavy (non-hydrogen) atoms. The summed E-state index contributed by atoms with van der Waals surface area (Å²) in [5.41, 5.74) is -0.0737. The molecule has 3 aromatic rings. The van der Waals surface area contributed by atoms with Gasteiger partial charge in [-0.05, 0) is 23.6 Å². The number of H-pyrrole nitrogens is 1. The van der Waals surface area contributed by atoms with Gasteiger partial charge < -0.3 is 4.98 Å². The summed E-state index contributed by atoms with van der Waals surface area (Å²) in [5.74, 6) is -1.54. The van der Waals surface area contributed by atoms with Crippen LogP contribution >= 0.6 is 22.9 Å². The SMILES string of the molecule is O=c1nc(-c2cc(F)c(Cl)cc2F)[nH]c2ccsc12. The van der Waals surface area contributed by atoms with E-state index >= 15 is 0 Å². The van der Waals surface area contributed by atoms with Crippen LogP contribution in [-0.4, -0.2) is 9.97 Å². The summed E-state index contributed by atoms with van der Waals surface area (Å²) in [5, 5.41) is 1.40. The number of nitrogens with zero attached hydrogens (tertiary/aromatic N) is 1. The third kappa shape index (κ3) is 2.02. The molecule has 0 amide bonds. The highest BCUT2D eigenvalue weighted by atomic mass is 35.5. The van der Waals surface area contributed by atoms with E-state index in [1.165, 1.54) is 11.3 Å². The molecule has 0 fully saturated rings. The van der Waals surface area contributed by atoms with E-state index in [0.29, 0.717) is 10.2 Å². The highest BCUT2D eigenvalue weighted by Gasteiger charge is 2.14. The summed E-state index contributed by atoms with van der Waals surface area (Å²) in [6.07, 6.45) is 0. The maximum Gasteiger partial charge on any atom is 0.291 e. The Bertz CT molecular complexity index is 843. The molecule has 0 unspecified atom stereocenters. The molecule has 0 saturated heterocycles. The van der Waals surface area contributed by atoms with Gasteiger partial charge in [-0.25, -0.2) is 8.78 Å². The molecule has 0 saturated carbocycles. The zero-order valence-electron chi connectivity index (χ0n) is 9.21. The molecule has 0 aliphatic carbocycles. The summed E-state index contributed by atoms with van der Waals surface area (Å²) in [7, 11) is 0. The minimum Gasteiger partial charge on any atom is -0.338 e. The van der Waals surface area contributed by atoms with Crippen LogP contribution in [0.25, 0.3) is 21.6 Å². The monoisotopic (exact) mass is 298 g/mol. The van der Waals surface area contributed by atoms with Crippen molar-refractivity contribution in [3.8, 4) is 11.4 Å². The molecule has 7 heteroatoms. The number of fused-ring (bicyclic) bond motifs is 1. The molecule has 2 heterocycles. The number of aromatic amines is 1. The number of aromatic nitrogens is 2. The van der Waals surface area contributed by atoms with Crippen molar-refractivity contribution in [3.63, 3.8) is 0 Å². The smallest absolute Gasteiger partial charge is 0.291 e. The largest absolute Gasteiger partial charge is 0.338 e. The summed E-state index contributed by atoms with van der Waals surface area (Å²) in [6, 6.07) is 3.44. The number of rotatable bonds is 1. The lowest BCUT2D eigenvalue weighted by Crippen LogP contribution is -2.08. The Labute approximate surface area is 114 Å². The molecule has 0 aliphatic rings. The molecule has 96 valence electrons. The highest BCUT2D eigenvalue weighted by molar-refractivity contribution is 7.17. The van der Waals surface area contributed by atoms with Crippen molar-refractivity contribution in [2.24, 2.45) is 0 Å². The van der Waals surface area contributed by atoms with Crippen molar-refractivity contribution >= 4 is 33.2 Å². The maximum atomic E-state index is 13.8. The number of thiophene rings is 1. The van der Waals surface area contributed by atoms with Crippen molar-refractivity contribution in [2.45, 2.75) is 0 Å². The highest BCUT2D eigenvalue weighted by Crippen LogP contribution is 2.26. The molecular weight excluding hydrogens is 294 g/mol. The minimum atomic E-state index is -0.772. The van der Waals surface area contributed by atoms with Gasteiger partial charge in [0.2, 0.25) is 0 Å². The predicted octanol–water partition coefficient (Wildman–Crippen LogP) is 3.58. The maximum absolute atomic E-state index is 13.8. The van der Waals surface area contributed by atoms with Gasteiger partial charge in [-0.2, -0.15) is 4.98 Å². The van der Waals surface area contributed by atoms with Gasteiger partial charge in [0, 0.05) is 0 Å². The van der Waals surface area contributed by atoms with Gasteiger partial charge in [-0.15, -0.1) is 11.3 Å². The Morgan fingerprint density at radius 1 is 1.26 bits per heavy atom. The average molecular weight is 299 g/mol. The summed E-state index contributed by atoms with van der Waals surface area (Å²) in [6.45, 7) is 0. The lowest BCUT2D eigenvalue weighted by Gasteiger charge is -2.04. The zero-order chi connectivity index (χ0) is 13.6. The van der Waals surface area contributed by atoms with Gasteiger partial charge in [0.15, 0.2) is 0 Å². The number of benzene rings is 1. The Morgan fingerprint density at radius 2 is 2.05 bits per heavy atom. The van der Waals surface area contributed by atoms with Crippen LogP contribution in [0.3, 0.4) is 0 Å². The van der Waals surface area contributed by atoms with Crippen molar-refractivity contribution in [3.05, 3.63) is 50.6 Å². The quantitative estimate of drug-likeness (QED) is 0.698. The lowest BCUT2D eigenvalue weighted by molar-refractivity contribution is 0.602. The molecule has 2 aromatic heterocycles. The van der Waals surface area contributed by atoms with E-state index in [0.717, 1.165) is 12.1 Å². The van der Waals surface area contributed by atoms with E-state index in [2.05, 4.69) is 9.97 Å². The molecule has 1 aromatic carbocycles. The number of halogens is 3. The first-order valence-corrected chi connectivity index (χ1v) is 6.44. The van der Waals surface area contributed by atoms with E-state index in [9.17, 15) is 13.6 Å². The molecule has 3 rings (SSSR count). The van der Waals surface area contributed by atoms with Gasteiger partial charge in [-0.3, -0.25) is 4.79 Å². The zero-order valence-corrected chi connectivity index (χ0v) is 10.8. The second-order valence-electron chi connectivity index (χ2n) is 3.80. The summed E-state index contributed by atoms with van der Waals surface area (Å²) in [4.78, 5) is 18.3. The number of nitrogens with one attached hydrogen (secondary N) is 1. The van der Waals surface area contributed by atoms with Crippen molar-refractivity contribution in [2.75, 3.05) is 0 Å². The topological polar surface area (TPSA) is 45.8 Å². The number of hydrogen-bond donors (Lipinski definition) is 1. The first-order chi connectivity index (χ1) is 9.06. The fourth-order valence-electron chi connectivity index (χ4n) is 1.71. The average Bonchev–Trinajstić information content (AvgIpc) is 2.82. The van der Waals surface area contributed by atoms with E-state index in [1.807, 2.05) is 0 Å². The standard InChI is InChI=1S/C12H5ClF2N2OS/c13-6-4-7(14)5(3-8(6)15)11-16-9-1-2-19-10(9)12(18)17-11/h1-4H,(H,16,17,18). The van der Waals surface area contributed by atoms with E-state index < -0.39 is 17.2 Å². The Morgan fingerprint density at radius 3 is 2.84 bits per heavy atom. The van der Waals surface area contributed by atoms with Gasteiger partial charge in [0.05, 0.1) is 16.1 Å². The second-order valence-corrected chi connectivity index (χ2v) is 5.12. The summed E-state index contributed by atoms with van der Waals surface area (Å²) >= 11 is 6.71. The van der Waals surface area contributed by atoms with E-state index in [1.54, 1.807) is 11.4 Å². The molecule has 0 spiro atoms. The minimum absolute atomic E-state index is 0.0241. The van der Waals surface area contributed by atoms with Gasteiger partial charge >= 0.3 is 0 Å². The van der Waals surface area contributed by atoms with E-state index in [4.69, 9.17) is 11.6 Å². The van der Waals surface area contributed by atoms with Crippen LogP contribution in [0.1, 0.15) is 0 Å². The van der Waals surface area contributed by atoms with Crippen molar-refractivity contribution in [1.29, 1.82) is 0 Å². The predicted molar refractivity (Wildman–Crippen MR) is 70.6 cm³/mol. The molecule has 0 atom stereocenters. The van der Waals surface area contributed by atoms with Gasteiger partial charge in [0.25, 0.3) is 5.56 Å². The fourth-order valence-corrected chi connectivity index (χ4v) is 2.60. The molecule has 0 aliphatic heterocycles. The van der Waals surface area contributed by atoms with Crippen LogP contribution < -0.4 is 5.56 Å². The molecular formula is C12H5ClF2N2OS. The Hall–Kier alpha value is -1.79. The Kier molecular flexibility index (Phi) is 2.83. The van der Waals surface area contributed by atoms with E-state index in [-0.39, 0.29) is 16.4 Å². The normalized spacial score (nSPS) is 11.1. The first-order valence-electron chi connectivity index (χ1n) is 5.18. The molecule has 1 N–H and O–H groups in total.